The lowest BCUT2D eigenvalue weighted by atomic mass is 10.3. The van der Waals surface area contributed by atoms with Gasteiger partial charge in [0.15, 0.2) is 5.65 Å². The number of nitrogens with zero attached hydrogens (tertiary/aromatic N) is 3. The van der Waals surface area contributed by atoms with E-state index in [1.165, 1.54) is 10.6 Å². The van der Waals surface area contributed by atoms with E-state index >= 15 is 0 Å². The first-order valence-corrected chi connectivity index (χ1v) is 4.98. The summed E-state index contributed by atoms with van der Waals surface area (Å²) < 4.78 is 1.51. The summed E-state index contributed by atoms with van der Waals surface area (Å²) >= 11 is 0. The maximum atomic E-state index is 11.5. The number of hydrogen-bond acceptors (Lipinski definition) is 3. The van der Waals surface area contributed by atoms with Gasteiger partial charge in [0.25, 0.3) is 5.56 Å². The van der Waals surface area contributed by atoms with Crippen LogP contribution in [-0.2, 0) is 7.05 Å². The zero-order valence-electron chi connectivity index (χ0n) is 8.71. The molecule has 0 aliphatic rings. The molecule has 0 unspecified atom stereocenters. The van der Waals surface area contributed by atoms with E-state index in [1.54, 1.807) is 13.1 Å². The van der Waals surface area contributed by atoms with Crippen LogP contribution in [-0.4, -0.2) is 14.5 Å². The van der Waals surface area contributed by atoms with Crippen LogP contribution in [0.4, 0.5) is 0 Å². The third-order valence-corrected chi connectivity index (χ3v) is 2.61. The molecule has 0 atom stereocenters. The van der Waals surface area contributed by atoms with Gasteiger partial charge in [-0.1, -0.05) is 12.1 Å². The van der Waals surface area contributed by atoms with Gasteiger partial charge in [0, 0.05) is 13.1 Å². The van der Waals surface area contributed by atoms with Gasteiger partial charge >= 0.3 is 0 Å². The normalized spacial score (nSPS) is 11.1. The topological polar surface area (TPSA) is 47.8 Å². The molecule has 1 aromatic carbocycles. The molecule has 0 N–H and O–H groups in total. The van der Waals surface area contributed by atoms with Crippen LogP contribution in [0.5, 0.6) is 0 Å². The molecule has 4 heteroatoms. The van der Waals surface area contributed by atoms with Crippen LogP contribution in [0.1, 0.15) is 0 Å². The summed E-state index contributed by atoms with van der Waals surface area (Å²) in [5.74, 6) is 0. The summed E-state index contributed by atoms with van der Waals surface area (Å²) in [6.07, 6.45) is 0. The van der Waals surface area contributed by atoms with Crippen LogP contribution >= 0.6 is 0 Å². The lowest BCUT2D eigenvalue weighted by Crippen LogP contribution is -2.16. The Balaban J connectivity index is 2.56. The number of hydrogen-bond donors (Lipinski definition) is 0. The Morgan fingerprint density at radius 2 is 1.62 bits per heavy atom. The van der Waals surface area contributed by atoms with Crippen molar-refractivity contribution in [2.24, 2.45) is 7.05 Å². The maximum absolute atomic E-state index is 11.5. The number of rotatable bonds is 0. The number of para-hydroxylation sites is 2. The molecule has 0 saturated carbocycles. The minimum Gasteiger partial charge on any atom is -0.295 e. The van der Waals surface area contributed by atoms with Gasteiger partial charge < -0.3 is 0 Å². The standard InChI is InChI=1S/C12H9N3O/c1-15-11(16)7-6-10-12(15)14-9-5-3-2-4-8(9)13-10/h2-7H,1H3. The van der Waals surface area contributed by atoms with Gasteiger partial charge in [-0.25, -0.2) is 9.97 Å². The highest BCUT2D eigenvalue weighted by Gasteiger charge is 2.03. The molecular weight excluding hydrogens is 202 g/mol. The molecule has 0 aliphatic heterocycles. The summed E-state index contributed by atoms with van der Waals surface area (Å²) in [6, 6.07) is 10.8. The second-order valence-corrected chi connectivity index (χ2v) is 3.65. The largest absolute Gasteiger partial charge is 0.295 e. The predicted octanol–water partition coefficient (Wildman–Crippen LogP) is 1.48. The van der Waals surface area contributed by atoms with E-state index in [-0.39, 0.29) is 5.56 Å². The molecule has 0 saturated heterocycles. The second-order valence-electron chi connectivity index (χ2n) is 3.65. The van der Waals surface area contributed by atoms with E-state index in [9.17, 15) is 4.79 Å². The van der Waals surface area contributed by atoms with E-state index in [2.05, 4.69) is 9.97 Å². The van der Waals surface area contributed by atoms with Gasteiger partial charge in [0.05, 0.1) is 11.0 Å². The number of benzene rings is 1. The first kappa shape index (κ1) is 9.03. The molecule has 2 heterocycles. The van der Waals surface area contributed by atoms with Gasteiger partial charge in [0.1, 0.15) is 5.52 Å². The van der Waals surface area contributed by atoms with Crippen molar-refractivity contribution in [1.29, 1.82) is 0 Å². The van der Waals surface area contributed by atoms with Gasteiger partial charge in [0.2, 0.25) is 0 Å². The molecule has 16 heavy (non-hydrogen) atoms. The minimum atomic E-state index is -0.0721. The number of pyridine rings is 1. The fourth-order valence-corrected chi connectivity index (χ4v) is 1.73. The van der Waals surface area contributed by atoms with E-state index in [4.69, 9.17) is 0 Å². The molecule has 3 rings (SSSR count). The van der Waals surface area contributed by atoms with Crippen molar-refractivity contribution in [3.05, 3.63) is 46.8 Å². The number of aromatic nitrogens is 3. The van der Waals surface area contributed by atoms with Crippen LogP contribution < -0.4 is 5.56 Å². The van der Waals surface area contributed by atoms with Crippen LogP contribution in [0.3, 0.4) is 0 Å². The molecule has 3 aromatic rings. The van der Waals surface area contributed by atoms with Crippen molar-refractivity contribution in [2.75, 3.05) is 0 Å². The first-order valence-electron chi connectivity index (χ1n) is 4.98. The Morgan fingerprint density at radius 3 is 2.38 bits per heavy atom. The van der Waals surface area contributed by atoms with Crippen molar-refractivity contribution in [2.45, 2.75) is 0 Å². The summed E-state index contributed by atoms with van der Waals surface area (Å²) in [6.45, 7) is 0. The van der Waals surface area contributed by atoms with Crippen molar-refractivity contribution in [3.8, 4) is 0 Å². The zero-order valence-corrected chi connectivity index (χ0v) is 8.71. The van der Waals surface area contributed by atoms with E-state index < -0.39 is 0 Å². The van der Waals surface area contributed by atoms with Gasteiger partial charge in [-0.05, 0) is 18.2 Å². The molecule has 0 aliphatic carbocycles. The molecule has 78 valence electrons. The zero-order chi connectivity index (χ0) is 11.1. The highest BCUT2D eigenvalue weighted by molar-refractivity contribution is 5.84. The average Bonchev–Trinajstić information content (AvgIpc) is 2.32. The summed E-state index contributed by atoms with van der Waals surface area (Å²) in [5.41, 5.74) is 2.92. The lowest BCUT2D eigenvalue weighted by Gasteiger charge is -2.04. The molecule has 0 radical (unpaired) electrons. The second kappa shape index (κ2) is 3.13. The molecule has 2 aromatic heterocycles. The number of aryl methyl sites for hydroxylation is 1. The molecule has 4 nitrogen and oxygen atoms in total. The van der Waals surface area contributed by atoms with Crippen molar-refractivity contribution in [3.63, 3.8) is 0 Å². The summed E-state index contributed by atoms with van der Waals surface area (Å²) in [4.78, 5) is 20.4. The van der Waals surface area contributed by atoms with Crippen LogP contribution in [0, 0.1) is 0 Å². The fourth-order valence-electron chi connectivity index (χ4n) is 1.73. The maximum Gasteiger partial charge on any atom is 0.252 e. The average molecular weight is 211 g/mol. The smallest absolute Gasteiger partial charge is 0.252 e. The third-order valence-electron chi connectivity index (χ3n) is 2.61. The van der Waals surface area contributed by atoms with E-state index in [1.807, 2.05) is 24.3 Å². The monoisotopic (exact) mass is 211 g/mol. The quantitative estimate of drug-likeness (QED) is 0.529. The minimum absolute atomic E-state index is 0.0721. The van der Waals surface area contributed by atoms with Gasteiger partial charge in [-0.15, -0.1) is 0 Å². The Morgan fingerprint density at radius 1 is 0.938 bits per heavy atom. The van der Waals surface area contributed by atoms with Gasteiger partial charge in [-0.2, -0.15) is 0 Å². The Hall–Kier alpha value is -2.23. The predicted molar refractivity (Wildman–Crippen MR) is 62.3 cm³/mol. The van der Waals surface area contributed by atoms with E-state index in [0.29, 0.717) is 5.65 Å². The molecule has 0 amide bonds. The highest BCUT2D eigenvalue weighted by Crippen LogP contribution is 2.13. The number of fused-ring (bicyclic) bond motifs is 2. The highest BCUT2D eigenvalue weighted by atomic mass is 16.1. The van der Waals surface area contributed by atoms with Crippen LogP contribution in [0.2, 0.25) is 0 Å². The van der Waals surface area contributed by atoms with Crippen LogP contribution in [0.25, 0.3) is 22.2 Å². The Kier molecular flexibility index (Phi) is 1.77. The Bertz CT molecular complexity index is 746. The molecule has 0 fully saturated rings. The first-order chi connectivity index (χ1) is 7.75. The third kappa shape index (κ3) is 1.20. The van der Waals surface area contributed by atoms with Crippen molar-refractivity contribution in [1.82, 2.24) is 14.5 Å². The summed E-state index contributed by atoms with van der Waals surface area (Å²) in [7, 11) is 1.70. The van der Waals surface area contributed by atoms with Crippen molar-refractivity contribution < 1.29 is 0 Å². The summed E-state index contributed by atoms with van der Waals surface area (Å²) in [5, 5.41) is 0. The Labute approximate surface area is 91.2 Å². The fraction of sp³-hybridized carbons (Fsp3) is 0.0833. The molecular formula is C12H9N3O. The molecule has 0 bridgehead atoms. The van der Waals surface area contributed by atoms with Crippen molar-refractivity contribution >= 4 is 22.2 Å². The van der Waals surface area contributed by atoms with E-state index in [0.717, 1.165) is 16.6 Å². The van der Waals surface area contributed by atoms with Gasteiger partial charge in [-0.3, -0.25) is 9.36 Å². The molecule has 0 spiro atoms. The lowest BCUT2D eigenvalue weighted by molar-refractivity contribution is 0.888. The van der Waals surface area contributed by atoms with Crippen LogP contribution in [0.15, 0.2) is 41.2 Å². The SMILES string of the molecule is Cn1c(=O)ccc2nc3ccccc3nc21.